The van der Waals surface area contributed by atoms with Crippen molar-refractivity contribution in [3.63, 3.8) is 0 Å². The number of hydrogen-bond donors (Lipinski definition) is 1. The van der Waals surface area contributed by atoms with Gasteiger partial charge in [-0.3, -0.25) is 0 Å². The first-order valence-corrected chi connectivity index (χ1v) is 7.55. The fourth-order valence-electron chi connectivity index (χ4n) is 1.81. The van der Waals surface area contributed by atoms with E-state index in [-0.39, 0.29) is 27.7 Å². The first-order valence-electron chi connectivity index (χ1n) is 5.90. The molecule has 8 heteroatoms. The third-order valence-corrected chi connectivity index (χ3v) is 4.42. The predicted octanol–water partition coefficient (Wildman–Crippen LogP) is 1.66. The quantitative estimate of drug-likeness (QED) is 0.894. The van der Waals surface area contributed by atoms with Crippen molar-refractivity contribution < 1.29 is 27.6 Å². The molecule has 112 valence electrons. The molecule has 2 aromatic rings. The summed E-state index contributed by atoms with van der Waals surface area (Å²) in [5.74, 6) is -1.03. The second-order valence-corrected chi connectivity index (χ2v) is 6.34. The molecule has 0 aliphatic carbocycles. The van der Waals surface area contributed by atoms with Gasteiger partial charge in [-0.2, -0.15) is 0 Å². The number of aromatic carboxylic acids is 1. The number of aromatic nitrogens is 1. The van der Waals surface area contributed by atoms with Gasteiger partial charge in [0.05, 0.1) is 17.7 Å². The Bertz CT molecular complexity index is 778. The van der Waals surface area contributed by atoms with Gasteiger partial charge < -0.3 is 14.4 Å². The highest BCUT2D eigenvalue weighted by molar-refractivity contribution is 7.90. The van der Waals surface area contributed by atoms with E-state index in [9.17, 15) is 13.2 Å². The van der Waals surface area contributed by atoms with E-state index in [2.05, 4.69) is 5.16 Å². The number of ether oxygens (including phenoxy) is 1. The molecule has 0 fully saturated rings. The molecule has 21 heavy (non-hydrogen) atoms. The van der Waals surface area contributed by atoms with Crippen LogP contribution in [0.4, 0.5) is 0 Å². The standard InChI is InChI=1S/C13H13NO6S/c1-8-5-9(14-20-8)7-21(17,18)10-3-4-12(19-2)11(6-10)13(15)16/h3-6H,7H2,1-2H3,(H,15,16). The van der Waals surface area contributed by atoms with Gasteiger partial charge in [-0.15, -0.1) is 0 Å². The molecular formula is C13H13NO6S. The topological polar surface area (TPSA) is 107 Å². The minimum absolute atomic E-state index is 0.0960. The van der Waals surface area contributed by atoms with Crippen molar-refractivity contribution >= 4 is 15.8 Å². The molecule has 0 spiro atoms. The van der Waals surface area contributed by atoms with Crippen molar-refractivity contribution in [2.75, 3.05) is 7.11 Å². The number of carboxylic acids is 1. The number of hydrogen-bond acceptors (Lipinski definition) is 6. The molecule has 1 aromatic heterocycles. The van der Waals surface area contributed by atoms with Crippen LogP contribution >= 0.6 is 0 Å². The molecule has 1 N–H and O–H groups in total. The maximum atomic E-state index is 12.3. The number of aryl methyl sites for hydroxylation is 1. The summed E-state index contributed by atoms with van der Waals surface area (Å²) in [5.41, 5.74) is 0.0510. The summed E-state index contributed by atoms with van der Waals surface area (Å²) < 4.78 is 34.2. The van der Waals surface area contributed by atoms with E-state index in [1.807, 2.05) is 0 Å². The van der Waals surface area contributed by atoms with Crippen LogP contribution in [0.25, 0.3) is 0 Å². The van der Waals surface area contributed by atoms with Crippen LogP contribution in [0.15, 0.2) is 33.7 Å². The van der Waals surface area contributed by atoms with Crippen molar-refractivity contribution in [2.45, 2.75) is 17.6 Å². The molecule has 0 aliphatic heterocycles. The Morgan fingerprint density at radius 1 is 1.38 bits per heavy atom. The molecular weight excluding hydrogens is 298 g/mol. The minimum atomic E-state index is -3.72. The van der Waals surface area contributed by atoms with Gasteiger partial charge in [0.25, 0.3) is 0 Å². The number of carbonyl (C=O) groups is 1. The summed E-state index contributed by atoms with van der Waals surface area (Å²) in [6, 6.07) is 5.19. The number of nitrogens with zero attached hydrogens (tertiary/aromatic N) is 1. The highest BCUT2D eigenvalue weighted by Gasteiger charge is 2.21. The smallest absolute Gasteiger partial charge is 0.339 e. The van der Waals surface area contributed by atoms with E-state index in [1.165, 1.54) is 25.3 Å². The first kappa shape index (κ1) is 15.0. The molecule has 1 heterocycles. The van der Waals surface area contributed by atoms with Gasteiger partial charge in [0.15, 0.2) is 9.84 Å². The predicted molar refractivity (Wildman–Crippen MR) is 72.1 cm³/mol. The van der Waals surface area contributed by atoms with Gasteiger partial charge in [0.1, 0.15) is 22.8 Å². The molecule has 1 aromatic carbocycles. The zero-order chi connectivity index (χ0) is 15.6. The third-order valence-electron chi connectivity index (χ3n) is 2.78. The summed E-state index contributed by atoms with van der Waals surface area (Å²) in [5, 5.41) is 12.7. The zero-order valence-corrected chi connectivity index (χ0v) is 12.2. The van der Waals surface area contributed by atoms with E-state index >= 15 is 0 Å². The Hall–Kier alpha value is -2.35. The number of sulfone groups is 1. The minimum Gasteiger partial charge on any atom is -0.496 e. The van der Waals surface area contributed by atoms with Crippen LogP contribution in [0.2, 0.25) is 0 Å². The van der Waals surface area contributed by atoms with Crippen LogP contribution in [0.5, 0.6) is 5.75 Å². The molecule has 0 radical (unpaired) electrons. The Balaban J connectivity index is 2.40. The molecule has 0 amide bonds. The fourth-order valence-corrected chi connectivity index (χ4v) is 3.08. The van der Waals surface area contributed by atoms with E-state index < -0.39 is 15.8 Å². The van der Waals surface area contributed by atoms with Crippen LogP contribution in [-0.2, 0) is 15.6 Å². The summed E-state index contributed by atoms with van der Waals surface area (Å²) in [7, 11) is -2.41. The van der Waals surface area contributed by atoms with Crippen LogP contribution in [0.3, 0.4) is 0 Å². The lowest BCUT2D eigenvalue weighted by Crippen LogP contribution is -2.08. The number of benzene rings is 1. The SMILES string of the molecule is COc1ccc(S(=O)(=O)Cc2cc(C)on2)cc1C(=O)O. The van der Waals surface area contributed by atoms with Crippen molar-refractivity contribution in [2.24, 2.45) is 0 Å². The van der Waals surface area contributed by atoms with Gasteiger partial charge in [-0.1, -0.05) is 5.16 Å². The maximum Gasteiger partial charge on any atom is 0.339 e. The molecule has 0 bridgehead atoms. The molecule has 0 saturated heterocycles. The monoisotopic (exact) mass is 311 g/mol. The molecule has 2 rings (SSSR count). The Kier molecular flexibility index (Phi) is 3.99. The number of methoxy groups -OCH3 is 1. The van der Waals surface area contributed by atoms with Crippen molar-refractivity contribution in [3.8, 4) is 5.75 Å². The molecule has 0 unspecified atom stereocenters. The number of rotatable bonds is 5. The Morgan fingerprint density at radius 2 is 2.10 bits per heavy atom. The normalized spacial score (nSPS) is 11.3. The van der Waals surface area contributed by atoms with Crippen LogP contribution < -0.4 is 4.74 Å². The molecule has 0 atom stereocenters. The zero-order valence-electron chi connectivity index (χ0n) is 11.4. The number of carboxylic acid groups (broad SMARTS) is 1. The summed E-state index contributed by atoms with van der Waals surface area (Å²) in [6.45, 7) is 1.65. The second kappa shape index (κ2) is 5.57. The molecule has 7 nitrogen and oxygen atoms in total. The van der Waals surface area contributed by atoms with Crippen LogP contribution in [0, 0.1) is 6.92 Å². The Morgan fingerprint density at radius 3 is 2.62 bits per heavy atom. The lowest BCUT2D eigenvalue weighted by atomic mass is 10.2. The van der Waals surface area contributed by atoms with Gasteiger partial charge >= 0.3 is 5.97 Å². The molecule has 0 saturated carbocycles. The van der Waals surface area contributed by atoms with Crippen LogP contribution in [0.1, 0.15) is 21.8 Å². The average molecular weight is 311 g/mol. The third kappa shape index (κ3) is 3.22. The molecule has 0 aliphatic rings. The van der Waals surface area contributed by atoms with Crippen molar-refractivity contribution in [1.82, 2.24) is 5.16 Å². The largest absolute Gasteiger partial charge is 0.496 e. The van der Waals surface area contributed by atoms with E-state index in [4.69, 9.17) is 14.4 Å². The van der Waals surface area contributed by atoms with E-state index in [1.54, 1.807) is 6.92 Å². The lowest BCUT2D eigenvalue weighted by molar-refractivity contribution is 0.0693. The van der Waals surface area contributed by atoms with Gasteiger partial charge in [0.2, 0.25) is 0 Å². The fraction of sp³-hybridized carbons (Fsp3) is 0.231. The van der Waals surface area contributed by atoms with E-state index in [0.717, 1.165) is 6.07 Å². The van der Waals surface area contributed by atoms with Crippen molar-refractivity contribution in [3.05, 3.63) is 41.3 Å². The second-order valence-electron chi connectivity index (χ2n) is 4.36. The summed E-state index contributed by atoms with van der Waals surface area (Å²) >= 11 is 0. The Labute approximate surface area is 121 Å². The lowest BCUT2D eigenvalue weighted by Gasteiger charge is -2.07. The van der Waals surface area contributed by atoms with E-state index in [0.29, 0.717) is 5.76 Å². The summed E-state index contributed by atoms with van der Waals surface area (Å²) in [6.07, 6.45) is 0. The van der Waals surface area contributed by atoms with Gasteiger partial charge in [-0.25, -0.2) is 13.2 Å². The first-order chi connectivity index (χ1) is 9.83. The van der Waals surface area contributed by atoms with Crippen LogP contribution in [-0.4, -0.2) is 31.8 Å². The van der Waals surface area contributed by atoms with Gasteiger partial charge in [-0.05, 0) is 25.1 Å². The van der Waals surface area contributed by atoms with Crippen molar-refractivity contribution in [1.29, 1.82) is 0 Å². The van der Waals surface area contributed by atoms with Gasteiger partial charge in [0, 0.05) is 6.07 Å². The maximum absolute atomic E-state index is 12.3. The average Bonchev–Trinajstić information content (AvgIpc) is 2.82. The summed E-state index contributed by atoms with van der Waals surface area (Å²) in [4.78, 5) is 11.0. The highest BCUT2D eigenvalue weighted by Crippen LogP contribution is 2.24. The highest BCUT2D eigenvalue weighted by atomic mass is 32.2.